The van der Waals surface area contributed by atoms with E-state index in [2.05, 4.69) is 0 Å². The predicted octanol–water partition coefficient (Wildman–Crippen LogP) is 4.13. The average Bonchev–Trinajstić information content (AvgIpc) is 2.50. The Morgan fingerprint density at radius 2 is 1.79 bits per heavy atom. The summed E-state index contributed by atoms with van der Waals surface area (Å²) in [6.07, 6.45) is 0.654. The Morgan fingerprint density at radius 3 is 2.46 bits per heavy atom. The van der Waals surface area contributed by atoms with Gasteiger partial charge in [-0.2, -0.15) is 8.42 Å². The van der Waals surface area contributed by atoms with Gasteiger partial charge in [0.25, 0.3) is 10.1 Å². The van der Waals surface area contributed by atoms with E-state index in [1.165, 1.54) is 12.1 Å². The number of benzene rings is 2. The van der Waals surface area contributed by atoms with Gasteiger partial charge in [-0.05, 0) is 55.2 Å². The molecule has 0 radical (unpaired) electrons. The molecular formula is C19H21FO3S. The van der Waals surface area contributed by atoms with Gasteiger partial charge in [-0.1, -0.05) is 37.6 Å². The van der Waals surface area contributed by atoms with Crippen LogP contribution >= 0.6 is 0 Å². The maximum atomic E-state index is 13.4. The maximum absolute atomic E-state index is 13.4. The molecule has 0 saturated heterocycles. The molecular weight excluding hydrogens is 327 g/mol. The average molecular weight is 348 g/mol. The van der Waals surface area contributed by atoms with Gasteiger partial charge in [-0.25, -0.2) is 4.39 Å². The molecule has 0 N–H and O–H groups in total. The number of halogens is 1. The van der Waals surface area contributed by atoms with Crippen LogP contribution < -0.4 is 0 Å². The van der Waals surface area contributed by atoms with Crippen LogP contribution in [0, 0.1) is 12.7 Å². The minimum absolute atomic E-state index is 0.161. The van der Waals surface area contributed by atoms with Gasteiger partial charge in [0.2, 0.25) is 0 Å². The smallest absolute Gasteiger partial charge is 0.262 e. The molecule has 5 heteroatoms. The molecule has 0 fully saturated rings. The zero-order valence-electron chi connectivity index (χ0n) is 14.0. The van der Waals surface area contributed by atoms with E-state index in [0.29, 0.717) is 12.8 Å². The van der Waals surface area contributed by atoms with Crippen molar-refractivity contribution in [3.8, 4) is 0 Å². The van der Waals surface area contributed by atoms with Crippen molar-refractivity contribution in [2.45, 2.75) is 50.0 Å². The molecule has 24 heavy (non-hydrogen) atoms. The fourth-order valence-corrected chi connectivity index (χ4v) is 4.52. The molecule has 0 aliphatic heterocycles. The molecule has 3 nitrogen and oxygen atoms in total. The standard InChI is InChI=1S/C19H21FO3S/c1-13-4-8-16(9-5-13)24(21,22)23-18-11-6-14-12-15(20)7-10-17(14)19(18,2)3/h4-5,7-10,12,18H,6,11H2,1-3H3. The molecule has 0 amide bonds. The summed E-state index contributed by atoms with van der Waals surface area (Å²) < 4.78 is 44.2. The van der Waals surface area contributed by atoms with Crippen LogP contribution in [-0.4, -0.2) is 14.5 Å². The summed E-state index contributed by atoms with van der Waals surface area (Å²) in [6, 6.07) is 11.3. The SMILES string of the molecule is Cc1ccc(S(=O)(=O)OC2CCc3cc(F)ccc3C2(C)C)cc1. The molecule has 0 bridgehead atoms. The van der Waals surface area contributed by atoms with E-state index in [0.717, 1.165) is 16.7 Å². The number of fused-ring (bicyclic) bond motifs is 1. The third-order valence-corrected chi connectivity index (χ3v) is 6.13. The third-order valence-electron chi connectivity index (χ3n) is 4.79. The molecule has 128 valence electrons. The van der Waals surface area contributed by atoms with Crippen molar-refractivity contribution in [2.24, 2.45) is 0 Å². The van der Waals surface area contributed by atoms with E-state index in [1.807, 2.05) is 20.8 Å². The van der Waals surface area contributed by atoms with Crippen molar-refractivity contribution < 1.29 is 17.0 Å². The first kappa shape index (κ1) is 17.1. The Morgan fingerprint density at radius 1 is 1.12 bits per heavy atom. The highest BCUT2D eigenvalue weighted by atomic mass is 32.2. The first-order chi connectivity index (χ1) is 11.2. The first-order valence-electron chi connectivity index (χ1n) is 7.99. The van der Waals surface area contributed by atoms with Crippen LogP contribution in [0.15, 0.2) is 47.4 Å². The van der Waals surface area contributed by atoms with Crippen LogP contribution in [0.2, 0.25) is 0 Å². The van der Waals surface area contributed by atoms with Gasteiger partial charge in [0.15, 0.2) is 0 Å². The lowest BCUT2D eigenvalue weighted by Crippen LogP contribution is -2.41. The first-order valence-corrected chi connectivity index (χ1v) is 9.40. The lowest BCUT2D eigenvalue weighted by atomic mass is 9.71. The molecule has 0 saturated carbocycles. The molecule has 1 unspecified atom stereocenters. The molecule has 3 rings (SSSR count). The summed E-state index contributed by atoms with van der Waals surface area (Å²) in [5.74, 6) is -0.267. The Bertz CT molecular complexity index is 855. The highest BCUT2D eigenvalue weighted by Gasteiger charge is 2.40. The lowest BCUT2D eigenvalue weighted by Gasteiger charge is -2.39. The maximum Gasteiger partial charge on any atom is 0.297 e. The largest absolute Gasteiger partial charge is 0.297 e. The number of aryl methyl sites for hydroxylation is 2. The normalized spacial score (nSPS) is 19.8. The molecule has 2 aromatic carbocycles. The van der Waals surface area contributed by atoms with E-state index in [1.54, 1.807) is 30.3 Å². The van der Waals surface area contributed by atoms with E-state index in [9.17, 15) is 12.8 Å². The highest BCUT2D eigenvalue weighted by Crippen LogP contribution is 2.40. The van der Waals surface area contributed by atoms with Crippen molar-refractivity contribution >= 4 is 10.1 Å². The van der Waals surface area contributed by atoms with E-state index in [4.69, 9.17) is 4.18 Å². The lowest BCUT2D eigenvalue weighted by molar-refractivity contribution is 0.114. The predicted molar refractivity (Wildman–Crippen MR) is 91.0 cm³/mol. The Hall–Kier alpha value is -1.72. The summed E-state index contributed by atoms with van der Waals surface area (Å²) in [5, 5.41) is 0. The van der Waals surface area contributed by atoms with Crippen molar-refractivity contribution in [3.63, 3.8) is 0 Å². The number of hydrogen-bond donors (Lipinski definition) is 0. The monoisotopic (exact) mass is 348 g/mol. The zero-order valence-corrected chi connectivity index (χ0v) is 14.9. The van der Waals surface area contributed by atoms with Crippen LogP contribution in [0.25, 0.3) is 0 Å². The highest BCUT2D eigenvalue weighted by molar-refractivity contribution is 7.86. The van der Waals surface area contributed by atoms with Gasteiger partial charge in [0.1, 0.15) is 5.82 Å². The zero-order chi connectivity index (χ0) is 17.5. The minimum atomic E-state index is -3.83. The molecule has 1 aliphatic carbocycles. The summed E-state index contributed by atoms with van der Waals surface area (Å²) in [6.45, 7) is 5.79. The quantitative estimate of drug-likeness (QED) is 0.783. The van der Waals surface area contributed by atoms with Crippen LogP contribution in [-0.2, 0) is 26.1 Å². The van der Waals surface area contributed by atoms with Crippen molar-refractivity contribution in [1.82, 2.24) is 0 Å². The fraction of sp³-hybridized carbons (Fsp3) is 0.368. The Labute approximate surface area is 142 Å². The summed E-state index contributed by atoms with van der Waals surface area (Å²) >= 11 is 0. The Balaban J connectivity index is 1.90. The summed E-state index contributed by atoms with van der Waals surface area (Å²) in [5.41, 5.74) is 2.34. The molecule has 1 aliphatic rings. The van der Waals surface area contributed by atoms with Crippen LogP contribution in [0.4, 0.5) is 4.39 Å². The summed E-state index contributed by atoms with van der Waals surface area (Å²) in [7, 11) is -3.83. The van der Waals surface area contributed by atoms with Gasteiger partial charge in [0, 0.05) is 5.41 Å². The Kier molecular flexibility index (Phi) is 4.26. The van der Waals surface area contributed by atoms with Gasteiger partial charge in [0.05, 0.1) is 11.0 Å². The van der Waals surface area contributed by atoms with E-state index < -0.39 is 21.6 Å². The van der Waals surface area contributed by atoms with E-state index in [-0.39, 0.29) is 10.7 Å². The molecule has 0 spiro atoms. The topological polar surface area (TPSA) is 43.4 Å². The second-order valence-electron chi connectivity index (χ2n) is 6.91. The van der Waals surface area contributed by atoms with Crippen LogP contribution in [0.3, 0.4) is 0 Å². The van der Waals surface area contributed by atoms with E-state index >= 15 is 0 Å². The van der Waals surface area contributed by atoms with Crippen molar-refractivity contribution in [1.29, 1.82) is 0 Å². The van der Waals surface area contributed by atoms with Crippen LogP contribution in [0.5, 0.6) is 0 Å². The van der Waals surface area contributed by atoms with Gasteiger partial charge in [-0.15, -0.1) is 0 Å². The third kappa shape index (κ3) is 3.10. The number of rotatable bonds is 3. The van der Waals surface area contributed by atoms with Crippen LogP contribution in [0.1, 0.15) is 37.0 Å². The molecule has 2 aromatic rings. The number of hydrogen-bond acceptors (Lipinski definition) is 3. The van der Waals surface area contributed by atoms with Gasteiger partial charge in [-0.3, -0.25) is 4.18 Å². The molecule has 1 atom stereocenters. The summed E-state index contributed by atoms with van der Waals surface area (Å²) in [4.78, 5) is 0.161. The van der Waals surface area contributed by atoms with Crippen molar-refractivity contribution in [2.75, 3.05) is 0 Å². The van der Waals surface area contributed by atoms with Gasteiger partial charge >= 0.3 is 0 Å². The van der Waals surface area contributed by atoms with Crippen molar-refractivity contribution in [3.05, 3.63) is 65.0 Å². The second kappa shape index (κ2) is 5.97. The molecule has 0 aromatic heterocycles. The van der Waals surface area contributed by atoms with Gasteiger partial charge < -0.3 is 0 Å². The fourth-order valence-electron chi connectivity index (χ4n) is 3.30. The molecule has 0 heterocycles. The minimum Gasteiger partial charge on any atom is -0.262 e. The second-order valence-corrected chi connectivity index (χ2v) is 8.49.